The molecular weight excluding hydrogens is 218 g/mol. The Bertz CT molecular complexity index is 369. The van der Waals surface area contributed by atoms with Crippen molar-refractivity contribution >= 4 is 5.97 Å². The molecule has 0 radical (unpaired) electrons. The third-order valence-corrected chi connectivity index (χ3v) is 2.90. The van der Waals surface area contributed by atoms with Gasteiger partial charge >= 0.3 is 5.97 Å². The van der Waals surface area contributed by atoms with Gasteiger partial charge in [0, 0.05) is 19.2 Å². The monoisotopic (exact) mass is 235 g/mol. The van der Waals surface area contributed by atoms with Gasteiger partial charge in [0.25, 0.3) is 0 Å². The molecule has 1 aromatic carbocycles. The van der Waals surface area contributed by atoms with E-state index in [4.69, 9.17) is 4.74 Å². The summed E-state index contributed by atoms with van der Waals surface area (Å²) in [4.78, 5) is 11.2. The van der Waals surface area contributed by atoms with E-state index in [1.165, 1.54) is 7.11 Å². The number of benzene rings is 1. The van der Waals surface area contributed by atoms with Crippen molar-refractivity contribution in [3.8, 4) is 0 Å². The van der Waals surface area contributed by atoms with Crippen LogP contribution >= 0.6 is 0 Å². The molecule has 0 amide bonds. The Kier molecular flexibility index (Phi) is 4.12. The highest BCUT2D eigenvalue weighted by molar-refractivity contribution is 5.89. The SMILES string of the molecule is COC(=O)c1ccc(CNC2CCOC2)cc1. The summed E-state index contributed by atoms with van der Waals surface area (Å²) in [6.07, 6.45) is 1.07. The number of carbonyl (C=O) groups excluding carboxylic acids is 1. The van der Waals surface area contributed by atoms with E-state index in [1.54, 1.807) is 12.1 Å². The molecule has 0 saturated carbocycles. The Morgan fingerprint density at radius 3 is 2.82 bits per heavy atom. The number of nitrogens with one attached hydrogen (secondary N) is 1. The molecule has 1 aliphatic heterocycles. The predicted molar refractivity (Wildman–Crippen MR) is 63.8 cm³/mol. The highest BCUT2D eigenvalue weighted by atomic mass is 16.5. The second kappa shape index (κ2) is 5.80. The van der Waals surface area contributed by atoms with Crippen LogP contribution in [0.5, 0.6) is 0 Å². The van der Waals surface area contributed by atoms with E-state index in [2.05, 4.69) is 10.1 Å². The second-order valence-corrected chi connectivity index (χ2v) is 4.13. The van der Waals surface area contributed by atoms with Crippen molar-refractivity contribution in [3.05, 3.63) is 35.4 Å². The number of methoxy groups -OCH3 is 1. The van der Waals surface area contributed by atoms with E-state index in [9.17, 15) is 4.79 Å². The zero-order valence-electron chi connectivity index (χ0n) is 9.94. The lowest BCUT2D eigenvalue weighted by atomic mass is 10.1. The first-order valence-electron chi connectivity index (χ1n) is 5.78. The fourth-order valence-electron chi connectivity index (χ4n) is 1.83. The van der Waals surface area contributed by atoms with Gasteiger partial charge in [0.05, 0.1) is 19.3 Å². The zero-order chi connectivity index (χ0) is 12.1. The molecule has 92 valence electrons. The van der Waals surface area contributed by atoms with Crippen molar-refractivity contribution in [2.24, 2.45) is 0 Å². The van der Waals surface area contributed by atoms with Gasteiger partial charge in [-0.15, -0.1) is 0 Å². The van der Waals surface area contributed by atoms with Gasteiger partial charge in [0.2, 0.25) is 0 Å². The van der Waals surface area contributed by atoms with Crippen LogP contribution in [0.3, 0.4) is 0 Å². The maximum Gasteiger partial charge on any atom is 0.337 e. The average Bonchev–Trinajstić information content (AvgIpc) is 2.89. The van der Waals surface area contributed by atoms with Gasteiger partial charge in [0.1, 0.15) is 0 Å². The van der Waals surface area contributed by atoms with Gasteiger partial charge in [-0.3, -0.25) is 0 Å². The van der Waals surface area contributed by atoms with Crippen LogP contribution in [0.2, 0.25) is 0 Å². The number of hydrogen-bond donors (Lipinski definition) is 1. The summed E-state index contributed by atoms with van der Waals surface area (Å²) in [6.45, 7) is 2.44. The molecule has 0 aliphatic carbocycles. The van der Waals surface area contributed by atoms with E-state index in [0.717, 1.165) is 31.7 Å². The maximum atomic E-state index is 11.2. The van der Waals surface area contributed by atoms with Gasteiger partial charge in [-0.2, -0.15) is 0 Å². The minimum absolute atomic E-state index is 0.297. The summed E-state index contributed by atoms with van der Waals surface area (Å²) in [5, 5.41) is 3.42. The Labute approximate surface area is 101 Å². The molecule has 1 fully saturated rings. The fraction of sp³-hybridized carbons (Fsp3) is 0.462. The van der Waals surface area contributed by atoms with Gasteiger partial charge in [-0.1, -0.05) is 12.1 Å². The molecule has 4 nitrogen and oxygen atoms in total. The van der Waals surface area contributed by atoms with Gasteiger partial charge in [-0.05, 0) is 24.1 Å². The molecule has 1 aliphatic rings. The van der Waals surface area contributed by atoms with Gasteiger partial charge in [-0.25, -0.2) is 4.79 Å². The van der Waals surface area contributed by atoms with Crippen molar-refractivity contribution in [3.63, 3.8) is 0 Å². The molecule has 1 atom stereocenters. The van der Waals surface area contributed by atoms with E-state index < -0.39 is 0 Å². The van der Waals surface area contributed by atoms with Crippen LogP contribution in [-0.4, -0.2) is 32.3 Å². The second-order valence-electron chi connectivity index (χ2n) is 4.13. The number of rotatable bonds is 4. The van der Waals surface area contributed by atoms with Gasteiger partial charge < -0.3 is 14.8 Å². The molecule has 1 saturated heterocycles. The summed E-state index contributed by atoms with van der Waals surface area (Å²) in [7, 11) is 1.39. The molecule has 2 rings (SSSR count). The summed E-state index contributed by atoms with van der Waals surface area (Å²) < 4.78 is 9.93. The van der Waals surface area contributed by atoms with Gasteiger partial charge in [0.15, 0.2) is 0 Å². The lowest BCUT2D eigenvalue weighted by Crippen LogP contribution is -2.28. The number of hydrogen-bond acceptors (Lipinski definition) is 4. The van der Waals surface area contributed by atoms with E-state index >= 15 is 0 Å². The van der Waals surface area contributed by atoms with Crippen LogP contribution in [0, 0.1) is 0 Å². The highest BCUT2D eigenvalue weighted by Gasteiger charge is 2.14. The molecule has 17 heavy (non-hydrogen) atoms. The van der Waals surface area contributed by atoms with E-state index in [1.807, 2.05) is 12.1 Å². The average molecular weight is 235 g/mol. The molecule has 1 aromatic rings. The summed E-state index contributed by atoms with van der Waals surface area (Å²) in [5.41, 5.74) is 1.74. The lowest BCUT2D eigenvalue weighted by molar-refractivity contribution is 0.0600. The van der Waals surface area contributed by atoms with Crippen molar-refractivity contribution in [2.75, 3.05) is 20.3 Å². The normalized spacial score (nSPS) is 19.2. The summed E-state index contributed by atoms with van der Waals surface area (Å²) >= 11 is 0. The maximum absolute atomic E-state index is 11.2. The summed E-state index contributed by atoms with van der Waals surface area (Å²) in [5.74, 6) is -0.297. The van der Waals surface area contributed by atoms with Crippen molar-refractivity contribution in [1.82, 2.24) is 5.32 Å². The number of ether oxygens (including phenoxy) is 2. The quantitative estimate of drug-likeness (QED) is 0.800. The smallest absolute Gasteiger partial charge is 0.337 e. The standard InChI is InChI=1S/C13H17NO3/c1-16-13(15)11-4-2-10(3-5-11)8-14-12-6-7-17-9-12/h2-5,12,14H,6-9H2,1H3. The number of esters is 1. The minimum Gasteiger partial charge on any atom is -0.465 e. The first-order chi connectivity index (χ1) is 8.29. The van der Waals surface area contributed by atoms with Crippen LogP contribution in [0.4, 0.5) is 0 Å². The molecule has 1 unspecified atom stereocenters. The Hall–Kier alpha value is -1.39. The Balaban J connectivity index is 1.87. The Morgan fingerprint density at radius 1 is 1.47 bits per heavy atom. The molecule has 0 bridgehead atoms. The predicted octanol–water partition coefficient (Wildman–Crippen LogP) is 1.35. The fourth-order valence-corrected chi connectivity index (χ4v) is 1.83. The molecule has 1 heterocycles. The van der Waals surface area contributed by atoms with Crippen molar-refractivity contribution in [1.29, 1.82) is 0 Å². The topological polar surface area (TPSA) is 47.6 Å². The van der Waals surface area contributed by atoms with Crippen LogP contribution in [0.15, 0.2) is 24.3 Å². The van der Waals surface area contributed by atoms with E-state index in [0.29, 0.717) is 11.6 Å². The van der Waals surface area contributed by atoms with Crippen LogP contribution < -0.4 is 5.32 Å². The third-order valence-electron chi connectivity index (χ3n) is 2.90. The molecule has 4 heteroatoms. The summed E-state index contributed by atoms with van der Waals surface area (Å²) in [6, 6.07) is 7.90. The van der Waals surface area contributed by atoms with Crippen molar-refractivity contribution < 1.29 is 14.3 Å². The van der Waals surface area contributed by atoms with Crippen LogP contribution in [-0.2, 0) is 16.0 Å². The number of carbonyl (C=O) groups is 1. The minimum atomic E-state index is -0.297. The first kappa shape index (κ1) is 12.1. The molecule has 0 spiro atoms. The highest BCUT2D eigenvalue weighted by Crippen LogP contribution is 2.08. The van der Waals surface area contributed by atoms with Crippen LogP contribution in [0.1, 0.15) is 22.3 Å². The van der Waals surface area contributed by atoms with Crippen LogP contribution in [0.25, 0.3) is 0 Å². The zero-order valence-corrected chi connectivity index (χ0v) is 9.94. The molecule has 0 aromatic heterocycles. The largest absolute Gasteiger partial charge is 0.465 e. The lowest BCUT2D eigenvalue weighted by Gasteiger charge is -2.10. The third kappa shape index (κ3) is 3.28. The molecule has 1 N–H and O–H groups in total. The van der Waals surface area contributed by atoms with Crippen molar-refractivity contribution in [2.45, 2.75) is 19.0 Å². The van der Waals surface area contributed by atoms with E-state index in [-0.39, 0.29) is 5.97 Å². The Morgan fingerprint density at radius 2 is 2.24 bits per heavy atom. The molecular formula is C13H17NO3. The first-order valence-corrected chi connectivity index (χ1v) is 5.78.